The number of carbonyl (C=O) groups is 2. The van der Waals surface area contributed by atoms with Gasteiger partial charge in [0.15, 0.2) is 6.61 Å². The Labute approximate surface area is 155 Å². The van der Waals surface area contributed by atoms with Crippen molar-refractivity contribution in [2.24, 2.45) is 0 Å². The molecule has 0 fully saturated rings. The summed E-state index contributed by atoms with van der Waals surface area (Å²) in [5.41, 5.74) is 1.12. The summed E-state index contributed by atoms with van der Waals surface area (Å²) in [5, 5.41) is 5.10. The number of nitrogens with one attached hydrogen (secondary N) is 2. The molecule has 138 valence electrons. The van der Waals surface area contributed by atoms with Crippen LogP contribution in [0.2, 0.25) is 0 Å². The first-order chi connectivity index (χ1) is 12.5. The van der Waals surface area contributed by atoms with E-state index in [0.29, 0.717) is 12.1 Å². The van der Waals surface area contributed by atoms with Gasteiger partial charge in [-0.1, -0.05) is 24.8 Å². The van der Waals surface area contributed by atoms with Crippen LogP contribution in [-0.4, -0.2) is 34.9 Å². The maximum absolute atomic E-state index is 13.0. The van der Waals surface area contributed by atoms with Gasteiger partial charge in [0.2, 0.25) is 5.82 Å². The average molecular weight is 381 g/mol. The van der Waals surface area contributed by atoms with E-state index in [0.717, 1.165) is 11.6 Å². The highest BCUT2D eigenvalue weighted by Crippen LogP contribution is 2.07. The summed E-state index contributed by atoms with van der Waals surface area (Å²) < 4.78 is 18.1. The summed E-state index contributed by atoms with van der Waals surface area (Å²) in [4.78, 5) is 31.1. The van der Waals surface area contributed by atoms with Crippen LogP contribution in [0.25, 0.3) is 0 Å². The van der Waals surface area contributed by atoms with Crippen LogP contribution in [0.4, 0.5) is 4.39 Å². The number of nitrogens with zero attached hydrogens (tertiary/aromatic N) is 2. The minimum atomic E-state index is -0.726. The van der Waals surface area contributed by atoms with Crippen molar-refractivity contribution in [2.75, 3.05) is 13.2 Å². The standard InChI is InChI=1S/C17H18ClFN4O3/c1-3-14(9-13(19)10-18)26-11-15(24)20-8-5-12(2)23-17(25)16-21-6-4-7-22-16/h3-4,6-7,9-10H,1-2,5,8,11H2,(H,20,24)(H,23,25)/b13-10-,14-9+. The summed E-state index contributed by atoms with van der Waals surface area (Å²) in [6.07, 6.45) is 5.45. The van der Waals surface area contributed by atoms with Crippen LogP contribution in [0.5, 0.6) is 0 Å². The first-order valence-corrected chi connectivity index (χ1v) is 7.85. The summed E-state index contributed by atoms with van der Waals surface area (Å²) >= 11 is 5.19. The quantitative estimate of drug-likeness (QED) is 0.480. The number of allylic oxidation sites excluding steroid dienone is 3. The highest BCUT2D eigenvalue weighted by molar-refractivity contribution is 6.25. The van der Waals surface area contributed by atoms with Crippen molar-refractivity contribution in [3.05, 3.63) is 72.4 Å². The third-order valence-corrected chi connectivity index (χ3v) is 2.97. The van der Waals surface area contributed by atoms with E-state index in [1.54, 1.807) is 6.07 Å². The molecule has 0 aliphatic rings. The number of amides is 2. The number of hydrogen-bond acceptors (Lipinski definition) is 5. The molecule has 1 rings (SSSR count). The molecule has 1 aromatic rings. The van der Waals surface area contributed by atoms with E-state index in [9.17, 15) is 14.0 Å². The van der Waals surface area contributed by atoms with E-state index >= 15 is 0 Å². The van der Waals surface area contributed by atoms with Gasteiger partial charge < -0.3 is 15.4 Å². The zero-order chi connectivity index (χ0) is 19.4. The van der Waals surface area contributed by atoms with Crippen molar-refractivity contribution in [1.29, 1.82) is 0 Å². The van der Waals surface area contributed by atoms with Gasteiger partial charge in [-0.3, -0.25) is 9.59 Å². The van der Waals surface area contributed by atoms with Gasteiger partial charge in [0.1, 0.15) is 11.6 Å². The predicted molar refractivity (Wildman–Crippen MR) is 95.5 cm³/mol. The van der Waals surface area contributed by atoms with Gasteiger partial charge in [-0.05, 0) is 12.1 Å². The number of rotatable bonds is 10. The van der Waals surface area contributed by atoms with Crippen molar-refractivity contribution in [3.8, 4) is 0 Å². The van der Waals surface area contributed by atoms with Crippen molar-refractivity contribution >= 4 is 23.4 Å². The van der Waals surface area contributed by atoms with Crippen LogP contribution in [0.1, 0.15) is 17.0 Å². The molecule has 0 atom stereocenters. The lowest BCUT2D eigenvalue weighted by molar-refractivity contribution is -0.124. The SMILES string of the molecule is C=C/C(=C\C(F)=C\Cl)OCC(=O)NCCC(=C)NC(=O)c1ncccn1. The summed E-state index contributed by atoms with van der Waals surface area (Å²) in [6.45, 7) is 7.03. The molecule has 0 bridgehead atoms. The monoisotopic (exact) mass is 380 g/mol. The lowest BCUT2D eigenvalue weighted by Gasteiger charge is -2.10. The Balaban J connectivity index is 2.30. The molecule has 26 heavy (non-hydrogen) atoms. The normalized spacial score (nSPS) is 11.5. The third kappa shape index (κ3) is 8.20. The Morgan fingerprint density at radius 2 is 2.04 bits per heavy atom. The lowest BCUT2D eigenvalue weighted by atomic mass is 10.3. The Hall–Kier alpha value is -3.00. The second-order valence-corrected chi connectivity index (χ2v) is 4.98. The lowest BCUT2D eigenvalue weighted by Crippen LogP contribution is -2.31. The summed E-state index contributed by atoms with van der Waals surface area (Å²) in [7, 11) is 0. The van der Waals surface area contributed by atoms with Crippen LogP contribution in [0.3, 0.4) is 0 Å². The fourth-order valence-electron chi connectivity index (χ4n) is 1.57. The van der Waals surface area contributed by atoms with Crippen molar-refractivity contribution < 1.29 is 18.7 Å². The molecule has 0 unspecified atom stereocenters. The summed E-state index contributed by atoms with van der Waals surface area (Å²) in [5.74, 6) is -1.56. The molecular formula is C17H18ClFN4O3. The Bertz CT molecular complexity index is 720. The van der Waals surface area contributed by atoms with Gasteiger partial charge in [0.05, 0.1) is 0 Å². The number of ether oxygens (including phenoxy) is 1. The van der Waals surface area contributed by atoms with E-state index in [-0.39, 0.29) is 24.7 Å². The first kappa shape index (κ1) is 21.0. The van der Waals surface area contributed by atoms with Crippen LogP contribution >= 0.6 is 11.6 Å². The number of aromatic nitrogens is 2. The second kappa shape index (κ2) is 11.5. The van der Waals surface area contributed by atoms with E-state index in [1.807, 2.05) is 0 Å². The molecule has 9 heteroatoms. The van der Waals surface area contributed by atoms with Gasteiger partial charge >= 0.3 is 0 Å². The Kier molecular flexibility index (Phi) is 9.34. The minimum Gasteiger partial charge on any atom is -0.484 e. The molecule has 7 nitrogen and oxygen atoms in total. The smallest absolute Gasteiger partial charge is 0.293 e. The predicted octanol–water partition coefficient (Wildman–Crippen LogP) is 2.36. The van der Waals surface area contributed by atoms with Gasteiger partial charge in [-0.15, -0.1) is 0 Å². The molecule has 1 aromatic heterocycles. The fourth-order valence-corrected chi connectivity index (χ4v) is 1.64. The molecular weight excluding hydrogens is 363 g/mol. The molecule has 2 N–H and O–H groups in total. The fraction of sp³-hybridized carbons (Fsp3) is 0.176. The van der Waals surface area contributed by atoms with E-state index in [1.165, 1.54) is 18.5 Å². The van der Waals surface area contributed by atoms with Crippen molar-refractivity contribution in [2.45, 2.75) is 6.42 Å². The highest BCUT2D eigenvalue weighted by Gasteiger charge is 2.09. The maximum atomic E-state index is 13.0. The minimum absolute atomic E-state index is 0.0213. The van der Waals surface area contributed by atoms with Gasteiger partial charge in [-0.25, -0.2) is 14.4 Å². The maximum Gasteiger partial charge on any atom is 0.293 e. The number of carbonyl (C=O) groups excluding carboxylic acids is 2. The van der Waals surface area contributed by atoms with Crippen LogP contribution in [0, 0.1) is 0 Å². The first-order valence-electron chi connectivity index (χ1n) is 7.42. The van der Waals surface area contributed by atoms with E-state index < -0.39 is 17.6 Å². The Morgan fingerprint density at radius 3 is 2.65 bits per heavy atom. The second-order valence-electron chi connectivity index (χ2n) is 4.76. The van der Waals surface area contributed by atoms with Gasteiger partial charge in [0, 0.05) is 42.7 Å². The molecule has 1 heterocycles. The molecule has 0 saturated heterocycles. The molecule has 0 radical (unpaired) electrons. The van der Waals surface area contributed by atoms with Crippen molar-refractivity contribution in [3.63, 3.8) is 0 Å². The molecule has 0 aliphatic carbocycles. The molecule has 0 aromatic carbocycles. The number of halogens is 2. The molecule has 0 aliphatic heterocycles. The van der Waals surface area contributed by atoms with E-state index in [4.69, 9.17) is 16.3 Å². The van der Waals surface area contributed by atoms with Crippen LogP contribution in [0.15, 0.2) is 66.6 Å². The largest absolute Gasteiger partial charge is 0.484 e. The van der Waals surface area contributed by atoms with Crippen LogP contribution < -0.4 is 10.6 Å². The zero-order valence-electron chi connectivity index (χ0n) is 13.9. The molecule has 0 saturated carbocycles. The van der Waals surface area contributed by atoms with Gasteiger partial charge in [-0.2, -0.15) is 0 Å². The summed E-state index contributed by atoms with van der Waals surface area (Å²) in [6, 6.07) is 1.59. The highest BCUT2D eigenvalue weighted by atomic mass is 35.5. The van der Waals surface area contributed by atoms with Crippen LogP contribution in [-0.2, 0) is 9.53 Å². The topological polar surface area (TPSA) is 93.2 Å². The number of hydrogen-bond donors (Lipinski definition) is 2. The third-order valence-electron chi connectivity index (χ3n) is 2.76. The average Bonchev–Trinajstić information content (AvgIpc) is 2.65. The van der Waals surface area contributed by atoms with Crippen molar-refractivity contribution in [1.82, 2.24) is 20.6 Å². The van der Waals surface area contributed by atoms with E-state index in [2.05, 4.69) is 33.8 Å². The Morgan fingerprint density at radius 1 is 1.35 bits per heavy atom. The molecule has 2 amide bonds. The van der Waals surface area contributed by atoms with Gasteiger partial charge in [0.25, 0.3) is 11.8 Å². The molecule has 0 spiro atoms. The zero-order valence-corrected chi connectivity index (χ0v) is 14.6.